The molecule has 12 rings (SSSR count). The van der Waals surface area contributed by atoms with Crippen LogP contribution in [-0.4, -0.2) is 214 Å². The number of hydrogen-bond donors (Lipinski definition) is 14. The summed E-state index contributed by atoms with van der Waals surface area (Å²) in [5.41, 5.74) is 27.4. The standard InChI is InChI=1S/C48H66N10O7.C47H65N9O7/c1-30(59)54-39(25-31-13-4-2-5-14-31)44(62)55-37-20-11-22-51-43(61)33(17-10-23-52-48(49)50)28-42(60)38(27-34-29-53-36-19-9-8-18-35(34)36)56-45(63)40(26-32-15-6-3-7-16-32)57-46(64)41-21-12-24-58(41)47(37)65;1-30(57)52-37(25-31-13-4-2-5-14-31)43(60)53-36-20-11-22-50-42(59)34(19-10-23-51-47(48)49)28-41(58)40-27-33-17-8-9-18-35(33)29-56(40)46(63)38(26-32-15-6-3-7-16-32)54-44(61)39-21-12-24-55(39)45(36)62/h2,4-5,8-9,13-14,18-19,29,32-33,37-41,53H,3,6-7,10-12,15-17,20-28H2,1H3,(H,51,61)(H,54,59)(H,55,62)(H,56,63)(H,57,64)(H4,49,50,52);2,4-5,8-9,13-14,17-18,32,34,36-40H,3,6-7,10-12,15-16,19-29H2,1H3,(H,50,59)(H,52,57)(H,53,60)(H,54,61)(H4,48,49,51)/t33-,37+,38+,39+,40-,41+;34-,36+,37+,38-,39+,40+/m11/s1. The Labute approximate surface area is 748 Å². The number of aromatic amines is 1. The van der Waals surface area contributed by atoms with Crippen molar-refractivity contribution >= 4 is 105 Å². The monoisotopic (exact) mass is 1760 g/mol. The summed E-state index contributed by atoms with van der Waals surface area (Å²) in [6.45, 7) is 4.06. The zero-order valence-corrected chi connectivity index (χ0v) is 74.0. The average Bonchev–Trinajstić information content (AvgIpc) is 1.00. The normalized spacial score (nSPS) is 24.1. The fourth-order valence-corrected chi connectivity index (χ4v) is 19.3. The summed E-state index contributed by atoms with van der Waals surface area (Å²) in [6.07, 6.45) is 16.8. The first kappa shape index (κ1) is 96.6. The minimum Gasteiger partial charge on any atom is -0.370 e. The number of H-pyrrole nitrogens is 1. The number of aromatic nitrogens is 1. The molecule has 18 N–H and O–H groups in total. The first-order valence-electron chi connectivity index (χ1n) is 46.1. The second-order valence-electron chi connectivity index (χ2n) is 35.6. The number of benzene rings is 4. The molecule has 2 saturated carbocycles. The molecule has 33 nitrogen and oxygen atoms in total. The summed E-state index contributed by atoms with van der Waals surface area (Å²) in [6, 6.07) is 23.9. The molecule has 4 aromatic carbocycles. The van der Waals surface area contributed by atoms with Crippen LogP contribution in [0.25, 0.3) is 10.9 Å². The Balaban J connectivity index is 0.000000248. The Kier molecular flexibility index (Phi) is 36.4. The molecule has 5 aliphatic heterocycles. The molecule has 2 aliphatic carbocycles. The van der Waals surface area contributed by atoms with Gasteiger partial charge in [-0.2, -0.15) is 0 Å². The van der Waals surface area contributed by atoms with Gasteiger partial charge in [0.25, 0.3) is 0 Å². The number of nitrogens with two attached hydrogens (primary N) is 4. The molecule has 0 unspecified atom stereocenters. The Morgan fingerprint density at radius 2 is 0.898 bits per heavy atom. The van der Waals surface area contributed by atoms with Crippen LogP contribution in [0.5, 0.6) is 0 Å². The first-order chi connectivity index (χ1) is 61.7. The van der Waals surface area contributed by atoms with Crippen LogP contribution in [0.15, 0.2) is 125 Å². The van der Waals surface area contributed by atoms with E-state index in [1.54, 1.807) is 4.90 Å². The molecule has 5 aromatic rings. The lowest BCUT2D eigenvalue weighted by atomic mass is 9.83. The predicted molar refractivity (Wildman–Crippen MR) is 484 cm³/mol. The Morgan fingerprint density at radius 1 is 0.445 bits per heavy atom. The molecule has 12 atom stereocenters. The number of amides is 12. The third kappa shape index (κ3) is 28.2. The highest BCUT2D eigenvalue weighted by atomic mass is 16.2. The van der Waals surface area contributed by atoms with Crippen molar-refractivity contribution in [2.45, 2.75) is 273 Å². The lowest BCUT2D eigenvalue weighted by Gasteiger charge is -2.40. The number of carbonyl (C=O) groups excluding carboxylic acids is 14. The molecule has 0 bridgehead atoms. The maximum atomic E-state index is 15.1. The molecule has 4 saturated heterocycles. The number of hydrogen-bond acceptors (Lipinski definition) is 16. The number of nitrogens with zero attached hydrogens (tertiary/aromatic N) is 5. The van der Waals surface area contributed by atoms with Crippen LogP contribution >= 0.6 is 0 Å². The van der Waals surface area contributed by atoms with Gasteiger partial charge in [0, 0.05) is 127 Å². The first-order valence-corrected chi connectivity index (χ1v) is 46.1. The third-order valence-corrected chi connectivity index (χ3v) is 26.0. The van der Waals surface area contributed by atoms with Gasteiger partial charge < -0.3 is 90.5 Å². The van der Waals surface area contributed by atoms with E-state index in [1.807, 2.05) is 115 Å². The number of rotatable bonds is 24. The van der Waals surface area contributed by atoms with E-state index >= 15 is 4.79 Å². The van der Waals surface area contributed by atoms with Crippen molar-refractivity contribution < 1.29 is 67.1 Å². The van der Waals surface area contributed by atoms with E-state index in [0.29, 0.717) is 57.8 Å². The highest BCUT2D eigenvalue weighted by Gasteiger charge is 2.46. The van der Waals surface area contributed by atoms with Gasteiger partial charge in [0.1, 0.15) is 48.3 Å². The molecule has 7 aliphatic rings. The maximum absolute atomic E-state index is 15.1. The quantitative estimate of drug-likeness (QED) is 0.0228. The average molecular weight is 1760 g/mol. The van der Waals surface area contributed by atoms with Crippen LogP contribution in [0.4, 0.5) is 0 Å². The van der Waals surface area contributed by atoms with Crippen LogP contribution in [0.3, 0.4) is 0 Å². The summed E-state index contributed by atoms with van der Waals surface area (Å²) >= 11 is 0. The minimum atomic E-state index is -1.11. The van der Waals surface area contributed by atoms with Gasteiger partial charge in [0.15, 0.2) is 23.5 Å². The highest BCUT2D eigenvalue weighted by molar-refractivity contribution is 6.01. The van der Waals surface area contributed by atoms with E-state index in [1.165, 1.54) is 23.6 Å². The molecule has 1 aromatic heterocycles. The van der Waals surface area contributed by atoms with Crippen molar-refractivity contribution in [1.82, 2.24) is 67.5 Å². The van der Waals surface area contributed by atoms with Crippen molar-refractivity contribution in [3.63, 3.8) is 0 Å². The number of aliphatic imine (C=N–C) groups is 2. The number of para-hydroxylation sites is 1. The van der Waals surface area contributed by atoms with Crippen LogP contribution in [0.2, 0.25) is 0 Å². The van der Waals surface area contributed by atoms with Crippen molar-refractivity contribution in [2.75, 3.05) is 39.3 Å². The Hall–Kier alpha value is -12.1. The Bertz CT molecular complexity index is 4730. The molecule has 690 valence electrons. The number of Topliss-reactive ketones (excluding diaryl/α,β-unsaturated/α-hetero) is 2. The number of guanidine groups is 2. The number of fused-ring (bicyclic) bond motifs is 5. The second kappa shape index (κ2) is 48.2. The van der Waals surface area contributed by atoms with Crippen molar-refractivity contribution in [1.29, 1.82) is 0 Å². The second-order valence-corrected chi connectivity index (χ2v) is 35.6. The lowest BCUT2D eigenvalue weighted by molar-refractivity contribution is -0.147. The van der Waals surface area contributed by atoms with Gasteiger partial charge in [-0.25, -0.2) is 0 Å². The summed E-state index contributed by atoms with van der Waals surface area (Å²) in [5.74, 6) is -7.43. The van der Waals surface area contributed by atoms with Gasteiger partial charge in [-0.1, -0.05) is 167 Å². The van der Waals surface area contributed by atoms with Gasteiger partial charge in [0.05, 0.1) is 12.1 Å². The van der Waals surface area contributed by atoms with Gasteiger partial charge in [-0.05, 0) is 136 Å². The zero-order chi connectivity index (χ0) is 91.2. The van der Waals surface area contributed by atoms with E-state index < -0.39 is 125 Å². The molecule has 6 heterocycles. The minimum absolute atomic E-state index is 0.0787. The number of nitrogens with one attached hydrogen (secondary N) is 10. The van der Waals surface area contributed by atoms with Crippen molar-refractivity contribution in [3.8, 4) is 0 Å². The molecule has 0 spiro atoms. The number of carbonyl (C=O) groups is 14. The van der Waals surface area contributed by atoms with Crippen LogP contribution in [-0.2, 0) is 99.4 Å². The van der Waals surface area contributed by atoms with Crippen LogP contribution in [0.1, 0.15) is 209 Å². The van der Waals surface area contributed by atoms with E-state index in [0.717, 1.165) is 103 Å². The molecule has 33 heteroatoms. The van der Waals surface area contributed by atoms with E-state index in [-0.39, 0.29) is 169 Å². The summed E-state index contributed by atoms with van der Waals surface area (Å²) < 4.78 is 0. The largest absolute Gasteiger partial charge is 0.370 e. The summed E-state index contributed by atoms with van der Waals surface area (Å²) in [5, 5.41) is 27.2. The smallest absolute Gasteiger partial charge is 0.246 e. The SMILES string of the molecule is CC(=O)N[C@@H](Cc1ccccc1)C(=O)N[C@H]1CCCNC(=O)[C@H](CCCN=C(N)N)CC(=O)[C@@H]2Cc3ccccc3CN2C(=O)[C@@H](CC2CCCCC2)NC(=O)[C@@H]2CCCN2C1=O.CC(=O)N[C@@H](Cc1ccccc1)C(=O)N[C@H]1CCCNC(=O)[C@H](CCCN=C(N)N)CC(=O)[C@H](Cc2c[nH]c3ccccc23)NC(=O)[C@@H](CC2CCCCC2)NC(=O)[C@@H]2CCCN2C1=O. The Morgan fingerprint density at radius 3 is 1.40 bits per heavy atom. The molecular formula is C95H131N19O14. The highest BCUT2D eigenvalue weighted by Crippen LogP contribution is 2.34. The maximum Gasteiger partial charge on any atom is 0.246 e. The van der Waals surface area contributed by atoms with Crippen LogP contribution in [0, 0.1) is 23.7 Å². The van der Waals surface area contributed by atoms with Crippen LogP contribution < -0.4 is 70.8 Å². The van der Waals surface area contributed by atoms with Gasteiger partial charge in [-0.3, -0.25) is 77.1 Å². The fraction of sp³-hybridized carbons (Fsp3) is 0.558. The molecule has 12 amide bonds. The molecule has 0 radical (unpaired) electrons. The molecular weight excluding hydrogens is 1630 g/mol. The van der Waals surface area contributed by atoms with Crippen molar-refractivity contribution in [3.05, 3.63) is 143 Å². The lowest BCUT2D eigenvalue weighted by Crippen LogP contribution is -2.60. The van der Waals surface area contributed by atoms with Gasteiger partial charge >= 0.3 is 0 Å². The fourth-order valence-electron chi connectivity index (χ4n) is 19.3. The van der Waals surface area contributed by atoms with Gasteiger partial charge in [0.2, 0.25) is 70.9 Å². The summed E-state index contributed by atoms with van der Waals surface area (Å²) in [4.78, 5) is 214. The summed E-state index contributed by atoms with van der Waals surface area (Å²) in [7, 11) is 0. The zero-order valence-electron chi connectivity index (χ0n) is 74.0. The number of ketones is 2. The van der Waals surface area contributed by atoms with E-state index in [4.69, 9.17) is 22.9 Å². The topological polar surface area (TPSA) is 502 Å². The predicted octanol–water partition coefficient (Wildman–Crippen LogP) is 4.57. The molecule has 6 fully saturated rings. The van der Waals surface area contributed by atoms with E-state index in [2.05, 4.69) is 62.8 Å². The van der Waals surface area contributed by atoms with E-state index in [9.17, 15) is 62.3 Å². The van der Waals surface area contributed by atoms with Crippen molar-refractivity contribution in [2.24, 2.45) is 56.6 Å². The third-order valence-electron chi connectivity index (χ3n) is 26.0. The molecule has 128 heavy (non-hydrogen) atoms. The van der Waals surface area contributed by atoms with Gasteiger partial charge in [-0.15, -0.1) is 0 Å².